The third-order valence-corrected chi connectivity index (χ3v) is 4.79. The first-order valence-electron chi connectivity index (χ1n) is 8.67. The average molecular weight is 377 g/mol. The van der Waals surface area contributed by atoms with Gasteiger partial charge in [0.25, 0.3) is 0 Å². The maximum Gasteiger partial charge on any atom is 0.343 e. The van der Waals surface area contributed by atoms with Gasteiger partial charge >= 0.3 is 5.63 Å². The Balaban J connectivity index is 1.85. The lowest BCUT2D eigenvalue weighted by molar-refractivity contribution is 0.458. The van der Waals surface area contributed by atoms with Crippen molar-refractivity contribution >= 4 is 22.6 Å². The zero-order chi connectivity index (χ0) is 18.8. The van der Waals surface area contributed by atoms with Crippen molar-refractivity contribution in [2.24, 2.45) is 0 Å². The number of benzene rings is 3. The van der Waals surface area contributed by atoms with Gasteiger partial charge in [-0.2, -0.15) is 0 Å². The average Bonchev–Trinajstić information content (AvgIpc) is 2.68. The largest absolute Gasteiger partial charge is 0.507 e. The smallest absolute Gasteiger partial charge is 0.343 e. The second-order valence-corrected chi connectivity index (χ2v) is 6.92. The molecule has 4 heteroatoms. The van der Waals surface area contributed by atoms with E-state index < -0.39 is 5.63 Å². The molecule has 0 aliphatic rings. The molecule has 4 rings (SSSR count). The van der Waals surface area contributed by atoms with Gasteiger partial charge in [-0.15, -0.1) is 0 Å². The van der Waals surface area contributed by atoms with Crippen LogP contribution in [-0.4, -0.2) is 5.11 Å². The van der Waals surface area contributed by atoms with Crippen molar-refractivity contribution in [3.63, 3.8) is 0 Å². The Morgan fingerprint density at radius 1 is 0.852 bits per heavy atom. The summed E-state index contributed by atoms with van der Waals surface area (Å²) >= 11 is 6.28. The highest BCUT2D eigenvalue weighted by molar-refractivity contribution is 6.31. The van der Waals surface area contributed by atoms with Crippen LogP contribution in [0.4, 0.5) is 0 Å². The van der Waals surface area contributed by atoms with Gasteiger partial charge in [0.2, 0.25) is 0 Å². The molecular formula is C23H17ClO3. The predicted molar refractivity (Wildman–Crippen MR) is 108 cm³/mol. The number of hydrogen-bond acceptors (Lipinski definition) is 3. The van der Waals surface area contributed by atoms with Gasteiger partial charge < -0.3 is 9.52 Å². The van der Waals surface area contributed by atoms with Gasteiger partial charge in [-0.3, -0.25) is 0 Å². The summed E-state index contributed by atoms with van der Waals surface area (Å²) in [7, 11) is 0. The molecule has 1 heterocycles. The lowest BCUT2D eigenvalue weighted by atomic mass is 9.99. The molecule has 0 radical (unpaired) electrons. The van der Waals surface area contributed by atoms with Gasteiger partial charge in [0.05, 0.1) is 10.9 Å². The summed E-state index contributed by atoms with van der Waals surface area (Å²) in [5, 5.41) is 11.7. The minimum absolute atomic E-state index is 0.0677. The molecular weight excluding hydrogens is 360 g/mol. The van der Waals surface area contributed by atoms with E-state index in [1.165, 1.54) is 0 Å². The van der Waals surface area contributed by atoms with Crippen LogP contribution in [0, 0.1) is 0 Å². The van der Waals surface area contributed by atoms with Crippen LogP contribution >= 0.6 is 11.6 Å². The van der Waals surface area contributed by atoms with Crippen LogP contribution in [0.25, 0.3) is 11.0 Å². The first-order chi connectivity index (χ1) is 13.1. The molecule has 3 aromatic carbocycles. The first-order valence-corrected chi connectivity index (χ1v) is 9.04. The number of hydrogen-bond donors (Lipinski definition) is 1. The standard InChI is InChI=1S/C23H17ClO3/c24-18-13-17(11-15-7-3-1-4-8-15)22-19(14-18)21(25)20(23(26)27-22)12-16-9-5-2-6-10-16/h1-10,13-14,25H,11-12H2. The van der Waals surface area contributed by atoms with E-state index in [1.54, 1.807) is 12.1 Å². The summed E-state index contributed by atoms with van der Waals surface area (Å²) in [6.07, 6.45) is 0.851. The molecule has 1 N–H and O–H groups in total. The van der Waals surface area contributed by atoms with E-state index in [-0.39, 0.29) is 11.3 Å². The van der Waals surface area contributed by atoms with Gasteiger partial charge in [-0.25, -0.2) is 4.79 Å². The van der Waals surface area contributed by atoms with Gasteiger partial charge in [0, 0.05) is 23.4 Å². The maximum absolute atomic E-state index is 12.6. The van der Waals surface area contributed by atoms with E-state index in [0.29, 0.717) is 28.8 Å². The lowest BCUT2D eigenvalue weighted by Gasteiger charge is -2.11. The molecule has 0 atom stereocenters. The Bertz CT molecular complexity index is 1150. The normalized spacial score (nSPS) is 11.0. The summed E-state index contributed by atoms with van der Waals surface area (Å²) in [6, 6.07) is 22.7. The third kappa shape index (κ3) is 3.60. The van der Waals surface area contributed by atoms with Crippen molar-refractivity contribution < 1.29 is 9.52 Å². The molecule has 27 heavy (non-hydrogen) atoms. The van der Waals surface area contributed by atoms with Crippen molar-refractivity contribution in [3.05, 3.63) is 110 Å². The highest BCUT2D eigenvalue weighted by atomic mass is 35.5. The van der Waals surface area contributed by atoms with Gasteiger partial charge in [0.15, 0.2) is 0 Å². The second-order valence-electron chi connectivity index (χ2n) is 6.48. The molecule has 0 saturated carbocycles. The topological polar surface area (TPSA) is 50.4 Å². The van der Waals surface area contributed by atoms with Crippen molar-refractivity contribution in [1.29, 1.82) is 0 Å². The van der Waals surface area contributed by atoms with Crippen molar-refractivity contribution in [1.82, 2.24) is 0 Å². The van der Waals surface area contributed by atoms with Gasteiger partial charge in [-0.05, 0) is 23.3 Å². The molecule has 0 aliphatic heterocycles. The molecule has 0 aliphatic carbocycles. The third-order valence-electron chi connectivity index (χ3n) is 4.57. The van der Waals surface area contributed by atoms with Crippen LogP contribution in [0.2, 0.25) is 5.02 Å². The van der Waals surface area contributed by atoms with Crippen LogP contribution < -0.4 is 5.63 Å². The molecule has 3 nitrogen and oxygen atoms in total. The summed E-state index contributed by atoms with van der Waals surface area (Å²) in [4.78, 5) is 12.6. The van der Waals surface area contributed by atoms with Gasteiger partial charge in [-0.1, -0.05) is 72.3 Å². The molecule has 0 unspecified atom stereocenters. The van der Waals surface area contributed by atoms with E-state index in [9.17, 15) is 9.90 Å². The SMILES string of the molecule is O=c1oc2c(Cc3ccccc3)cc(Cl)cc2c(O)c1Cc1ccccc1. The van der Waals surface area contributed by atoms with Crippen LogP contribution in [0.5, 0.6) is 5.75 Å². The molecule has 0 fully saturated rings. The van der Waals surface area contributed by atoms with Crippen LogP contribution in [0.15, 0.2) is 82.0 Å². The van der Waals surface area contributed by atoms with E-state index in [4.69, 9.17) is 16.0 Å². The molecule has 1 aromatic heterocycles. The predicted octanol–water partition coefficient (Wildman–Crippen LogP) is 5.33. The van der Waals surface area contributed by atoms with Crippen molar-refractivity contribution in [3.8, 4) is 5.75 Å². The van der Waals surface area contributed by atoms with Crippen LogP contribution in [0.1, 0.15) is 22.3 Å². The van der Waals surface area contributed by atoms with E-state index in [0.717, 1.165) is 16.7 Å². The summed E-state index contributed by atoms with van der Waals surface area (Å²) in [6.45, 7) is 0. The quantitative estimate of drug-likeness (QED) is 0.489. The van der Waals surface area contributed by atoms with E-state index in [1.807, 2.05) is 60.7 Å². The summed E-state index contributed by atoms with van der Waals surface area (Å²) < 4.78 is 5.63. The molecule has 0 saturated heterocycles. The second kappa shape index (κ2) is 7.29. The van der Waals surface area contributed by atoms with E-state index >= 15 is 0 Å². The maximum atomic E-state index is 12.6. The monoisotopic (exact) mass is 376 g/mol. The van der Waals surface area contributed by atoms with Crippen LogP contribution in [-0.2, 0) is 12.8 Å². The van der Waals surface area contributed by atoms with Crippen molar-refractivity contribution in [2.75, 3.05) is 0 Å². The minimum Gasteiger partial charge on any atom is -0.507 e. The molecule has 4 aromatic rings. The number of rotatable bonds is 4. The highest BCUT2D eigenvalue weighted by Gasteiger charge is 2.18. The number of aromatic hydroxyl groups is 1. The fraction of sp³-hybridized carbons (Fsp3) is 0.0870. The van der Waals surface area contributed by atoms with Crippen LogP contribution in [0.3, 0.4) is 0 Å². The number of halogens is 1. The Labute approximate surface area is 161 Å². The Morgan fingerprint density at radius 3 is 2.07 bits per heavy atom. The summed E-state index contributed by atoms with van der Waals surface area (Å²) in [5.74, 6) is -0.0677. The highest BCUT2D eigenvalue weighted by Crippen LogP contribution is 2.33. The van der Waals surface area contributed by atoms with Gasteiger partial charge in [0.1, 0.15) is 11.3 Å². The first kappa shape index (κ1) is 17.4. The zero-order valence-corrected chi connectivity index (χ0v) is 15.2. The molecule has 134 valence electrons. The fourth-order valence-electron chi connectivity index (χ4n) is 3.26. The number of fused-ring (bicyclic) bond motifs is 1. The molecule has 0 spiro atoms. The Morgan fingerprint density at radius 2 is 1.44 bits per heavy atom. The lowest BCUT2D eigenvalue weighted by Crippen LogP contribution is -2.09. The fourth-order valence-corrected chi connectivity index (χ4v) is 3.50. The Kier molecular flexibility index (Phi) is 4.69. The molecule has 0 bridgehead atoms. The minimum atomic E-state index is -0.527. The summed E-state index contributed by atoms with van der Waals surface area (Å²) in [5.41, 5.74) is 2.84. The zero-order valence-electron chi connectivity index (χ0n) is 14.5. The molecule has 0 amide bonds. The van der Waals surface area contributed by atoms with E-state index in [2.05, 4.69) is 0 Å². The van der Waals surface area contributed by atoms with Crippen molar-refractivity contribution in [2.45, 2.75) is 12.8 Å². The Hall–Kier alpha value is -3.04.